The van der Waals surface area contributed by atoms with Crippen LogP contribution in [0, 0.1) is 5.92 Å². The molecule has 0 spiro atoms. The monoisotopic (exact) mass is 553 g/mol. The molecule has 1 atom stereocenters. The average Bonchev–Trinajstić information content (AvgIpc) is 3.47. The maximum atomic E-state index is 12.9. The summed E-state index contributed by atoms with van der Waals surface area (Å²) < 4.78 is 21.6. The molecule has 0 aromatic heterocycles. The smallest absolute Gasteiger partial charge is 0.293 e. The van der Waals surface area contributed by atoms with Gasteiger partial charge in [0.2, 0.25) is 11.8 Å². The zero-order chi connectivity index (χ0) is 27.5. The van der Waals surface area contributed by atoms with Gasteiger partial charge in [-0.25, -0.2) is 0 Å². The van der Waals surface area contributed by atoms with E-state index in [2.05, 4.69) is 5.32 Å². The summed E-state index contributed by atoms with van der Waals surface area (Å²) in [6, 6.07) is 10.4. The van der Waals surface area contributed by atoms with Crippen LogP contribution in [0.2, 0.25) is 0 Å². The number of amides is 4. The minimum atomic E-state index is -0.550. The van der Waals surface area contributed by atoms with E-state index in [0.717, 1.165) is 16.7 Å². The fraction of sp³-hybridized carbons (Fsp3) is 0.333. The predicted molar refractivity (Wildman–Crippen MR) is 143 cm³/mol. The highest BCUT2D eigenvalue weighted by Crippen LogP contribution is 2.36. The zero-order valence-corrected chi connectivity index (χ0v) is 22.2. The lowest BCUT2D eigenvalue weighted by Crippen LogP contribution is -2.40. The predicted octanol–water partition coefficient (Wildman–Crippen LogP) is 2.68. The number of nitrogens with one attached hydrogen (secondary N) is 1. The molecule has 12 heteroatoms. The van der Waals surface area contributed by atoms with Gasteiger partial charge in [-0.3, -0.25) is 24.1 Å². The third-order valence-corrected chi connectivity index (χ3v) is 7.45. The summed E-state index contributed by atoms with van der Waals surface area (Å²) in [4.78, 5) is 53.7. The van der Waals surface area contributed by atoms with E-state index in [-0.39, 0.29) is 42.8 Å². The Labute approximate surface area is 229 Å². The Morgan fingerprint density at radius 1 is 1.05 bits per heavy atom. The van der Waals surface area contributed by atoms with Crippen LogP contribution in [-0.2, 0) is 14.4 Å². The molecule has 1 N–H and O–H groups in total. The first-order chi connectivity index (χ1) is 18.9. The van der Waals surface area contributed by atoms with Crippen LogP contribution in [0.4, 0.5) is 10.5 Å². The van der Waals surface area contributed by atoms with Crippen molar-refractivity contribution in [1.29, 1.82) is 0 Å². The van der Waals surface area contributed by atoms with Gasteiger partial charge in [0.15, 0.2) is 23.0 Å². The average molecular weight is 554 g/mol. The molecule has 3 heterocycles. The number of carbonyl (C=O) groups is 4. The van der Waals surface area contributed by atoms with Gasteiger partial charge in [0.25, 0.3) is 11.1 Å². The molecule has 2 fully saturated rings. The molecule has 2 aromatic rings. The van der Waals surface area contributed by atoms with Gasteiger partial charge in [-0.15, -0.1) is 0 Å². The van der Waals surface area contributed by atoms with Crippen LogP contribution in [0.25, 0.3) is 6.08 Å². The fourth-order valence-corrected chi connectivity index (χ4v) is 5.42. The molecule has 3 aliphatic heterocycles. The van der Waals surface area contributed by atoms with Crippen molar-refractivity contribution in [2.75, 3.05) is 52.0 Å². The Morgan fingerprint density at radius 2 is 1.82 bits per heavy atom. The Kier molecular flexibility index (Phi) is 7.64. The number of hydrogen-bond donors (Lipinski definition) is 1. The topological polar surface area (TPSA) is 124 Å². The van der Waals surface area contributed by atoms with Crippen LogP contribution in [0.3, 0.4) is 0 Å². The fourth-order valence-electron chi connectivity index (χ4n) is 4.55. The van der Waals surface area contributed by atoms with Crippen molar-refractivity contribution in [3.05, 3.63) is 46.9 Å². The van der Waals surface area contributed by atoms with Crippen LogP contribution in [0.15, 0.2) is 41.3 Å². The van der Waals surface area contributed by atoms with Crippen LogP contribution in [0.5, 0.6) is 23.0 Å². The first kappa shape index (κ1) is 26.4. The number of nitrogens with zero attached hydrogens (tertiary/aromatic N) is 2. The number of carbonyl (C=O) groups excluding carboxylic acids is 4. The van der Waals surface area contributed by atoms with Crippen molar-refractivity contribution in [1.82, 2.24) is 10.2 Å². The minimum Gasteiger partial charge on any atom is -0.493 e. The minimum absolute atomic E-state index is 0.0201. The van der Waals surface area contributed by atoms with E-state index >= 15 is 0 Å². The SMILES string of the molecule is COc1ccc(/C=C2\SC(=O)N(CCNC(=O)[C@@H]3CC(=O)N(c4ccc5c(c4)OCCO5)C3)C2=O)cc1OC. The van der Waals surface area contributed by atoms with E-state index in [0.29, 0.717) is 47.5 Å². The van der Waals surface area contributed by atoms with E-state index in [1.165, 1.54) is 14.2 Å². The highest BCUT2D eigenvalue weighted by molar-refractivity contribution is 8.18. The molecule has 2 saturated heterocycles. The van der Waals surface area contributed by atoms with E-state index in [1.807, 2.05) is 0 Å². The first-order valence-electron chi connectivity index (χ1n) is 12.3. The summed E-state index contributed by atoms with van der Waals surface area (Å²) in [6.45, 7) is 1.23. The number of methoxy groups -OCH3 is 2. The Morgan fingerprint density at radius 3 is 2.59 bits per heavy atom. The second kappa shape index (κ2) is 11.3. The molecule has 2 aromatic carbocycles. The van der Waals surface area contributed by atoms with Gasteiger partial charge in [0, 0.05) is 37.8 Å². The van der Waals surface area contributed by atoms with E-state index in [9.17, 15) is 19.2 Å². The Bertz CT molecular complexity index is 1360. The van der Waals surface area contributed by atoms with Crippen molar-refractivity contribution in [3.8, 4) is 23.0 Å². The summed E-state index contributed by atoms with van der Waals surface area (Å²) in [5.74, 6) is 0.784. The molecular weight excluding hydrogens is 526 g/mol. The molecule has 3 aliphatic rings. The number of rotatable bonds is 8. The standard InChI is InChI=1S/C27H27N3O8S/c1-35-19-5-3-16(11-21(19)36-2)12-23-26(33)29(27(34)39-23)8-7-28-25(32)17-13-24(31)30(15-17)18-4-6-20-22(14-18)38-10-9-37-20/h3-6,11-12,14,17H,7-10,13,15H2,1-2H3,(H,28,32)/b23-12-/t17-/m1/s1. The zero-order valence-electron chi connectivity index (χ0n) is 21.4. The van der Waals surface area contributed by atoms with E-state index < -0.39 is 17.1 Å². The summed E-state index contributed by atoms with van der Waals surface area (Å²) in [5.41, 5.74) is 1.32. The maximum absolute atomic E-state index is 12.9. The highest BCUT2D eigenvalue weighted by Gasteiger charge is 2.37. The number of anilines is 1. The van der Waals surface area contributed by atoms with Gasteiger partial charge >= 0.3 is 0 Å². The van der Waals surface area contributed by atoms with Gasteiger partial charge in [0.05, 0.1) is 25.0 Å². The quantitative estimate of drug-likeness (QED) is 0.492. The second-order valence-corrected chi connectivity index (χ2v) is 9.97. The molecule has 0 unspecified atom stereocenters. The van der Waals surface area contributed by atoms with Gasteiger partial charge in [-0.2, -0.15) is 0 Å². The molecular formula is C27H27N3O8S. The lowest BCUT2D eigenvalue weighted by molar-refractivity contribution is -0.127. The third kappa shape index (κ3) is 5.51. The number of ether oxygens (including phenoxy) is 4. The second-order valence-electron chi connectivity index (χ2n) is 8.97. The van der Waals surface area contributed by atoms with Crippen LogP contribution in [-0.4, -0.2) is 74.9 Å². The van der Waals surface area contributed by atoms with Crippen molar-refractivity contribution in [3.63, 3.8) is 0 Å². The molecule has 5 rings (SSSR count). The van der Waals surface area contributed by atoms with E-state index in [1.54, 1.807) is 47.4 Å². The Balaban J connectivity index is 1.15. The number of benzene rings is 2. The normalized spacial score (nSPS) is 19.6. The molecule has 0 bridgehead atoms. The number of fused-ring (bicyclic) bond motifs is 1. The molecule has 39 heavy (non-hydrogen) atoms. The number of imide groups is 1. The third-order valence-electron chi connectivity index (χ3n) is 6.55. The maximum Gasteiger partial charge on any atom is 0.293 e. The molecule has 204 valence electrons. The van der Waals surface area contributed by atoms with Crippen molar-refractivity contribution >= 4 is 46.5 Å². The largest absolute Gasteiger partial charge is 0.493 e. The molecule has 0 radical (unpaired) electrons. The van der Waals surface area contributed by atoms with Crippen LogP contribution < -0.4 is 29.2 Å². The number of thioether (sulfide) groups is 1. The summed E-state index contributed by atoms with van der Waals surface area (Å²) >= 11 is 0.835. The lowest BCUT2D eigenvalue weighted by atomic mass is 10.1. The highest BCUT2D eigenvalue weighted by atomic mass is 32.2. The lowest BCUT2D eigenvalue weighted by Gasteiger charge is -2.22. The molecule has 4 amide bonds. The van der Waals surface area contributed by atoms with Crippen LogP contribution >= 0.6 is 11.8 Å². The molecule has 0 saturated carbocycles. The van der Waals surface area contributed by atoms with Crippen molar-refractivity contribution in [2.24, 2.45) is 5.92 Å². The summed E-state index contributed by atoms with van der Waals surface area (Å²) in [5, 5.41) is 2.34. The van der Waals surface area contributed by atoms with Gasteiger partial charge in [-0.1, -0.05) is 6.07 Å². The Hall–Kier alpha value is -4.19. The summed E-state index contributed by atoms with van der Waals surface area (Å²) in [6.07, 6.45) is 1.68. The summed E-state index contributed by atoms with van der Waals surface area (Å²) in [7, 11) is 3.05. The van der Waals surface area contributed by atoms with Gasteiger partial charge in [0.1, 0.15) is 13.2 Å². The van der Waals surface area contributed by atoms with Gasteiger partial charge in [-0.05, 0) is 47.7 Å². The van der Waals surface area contributed by atoms with Crippen molar-refractivity contribution in [2.45, 2.75) is 6.42 Å². The number of hydrogen-bond acceptors (Lipinski definition) is 9. The molecule has 11 nitrogen and oxygen atoms in total. The van der Waals surface area contributed by atoms with Crippen molar-refractivity contribution < 1.29 is 38.1 Å². The molecule has 0 aliphatic carbocycles. The van der Waals surface area contributed by atoms with Crippen LogP contribution in [0.1, 0.15) is 12.0 Å². The van der Waals surface area contributed by atoms with E-state index in [4.69, 9.17) is 18.9 Å². The first-order valence-corrected chi connectivity index (χ1v) is 13.1. The van der Waals surface area contributed by atoms with Gasteiger partial charge < -0.3 is 29.2 Å².